The van der Waals surface area contributed by atoms with E-state index in [-0.39, 0.29) is 11.7 Å². The van der Waals surface area contributed by atoms with Gasteiger partial charge in [0, 0.05) is 17.9 Å². The Morgan fingerprint density at radius 1 is 1.04 bits per heavy atom. The lowest BCUT2D eigenvalue weighted by Crippen LogP contribution is -2.22. The zero-order valence-electron chi connectivity index (χ0n) is 15.5. The average Bonchev–Trinajstić information content (AvgIpc) is 3.11. The number of amides is 1. The number of aryl methyl sites for hydroxylation is 2. The fourth-order valence-electron chi connectivity index (χ4n) is 2.61. The fourth-order valence-corrected chi connectivity index (χ4v) is 3.46. The van der Waals surface area contributed by atoms with Crippen molar-refractivity contribution >= 4 is 39.9 Å². The van der Waals surface area contributed by atoms with Crippen LogP contribution in [0.1, 0.15) is 34.1 Å². The third-order valence-corrected chi connectivity index (χ3v) is 5.07. The van der Waals surface area contributed by atoms with Gasteiger partial charge in [0.15, 0.2) is 10.9 Å². The molecule has 3 rings (SSSR count). The van der Waals surface area contributed by atoms with Gasteiger partial charge >= 0.3 is 0 Å². The normalized spacial score (nSPS) is 10.9. The van der Waals surface area contributed by atoms with Crippen molar-refractivity contribution < 1.29 is 9.59 Å². The van der Waals surface area contributed by atoms with Crippen LogP contribution in [0, 0.1) is 13.8 Å². The molecule has 27 heavy (non-hydrogen) atoms. The zero-order valence-corrected chi connectivity index (χ0v) is 16.3. The van der Waals surface area contributed by atoms with Crippen molar-refractivity contribution in [2.75, 3.05) is 4.90 Å². The molecule has 0 aliphatic heterocycles. The number of nitrogens with zero attached hydrogens (tertiary/aromatic N) is 2. The van der Waals surface area contributed by atoms with Gasteiger partial charge < -0.3 is 0 Å². The standard InChI is InChI=1S/C22H20N2O2S/c1-15-9-11-20(13-16(15)2)24(17(3)25)22-23-19(14-27-22)10-12-21(26)18-7-5-4-6-8-18/h4-14H,1-3H3/b12-10+. The molecule has 0 unspecified atom stereocenters. The average molecular weight is 376 g/mol. The second-order valence-corrected chi connectivity index (χ2v) is 7.08. The Labute approximate surface area is 162 Å². The van der Waals surface area contributed by atoms with Crippen LogP contribution in [0.2, 0.25) is 0 Å². The van der Waals surface area contributed by atoms with Gasteiger partial charge in [-0.15, -0.1) is 11.3 Å². The molecule has 0 radical (unpaired) electrons. The van der Waals surface area contributed by atoms with Crippen molar-refractivity contribution in [1.29, 1.82) is 0 Å². The highest BCUT2D eigenvalue weighted by molar-refractivity contribution is 7.14. The number of thiazole rings is 1. The number of hydrogen-bond acceptors (Lipinski definition) is 4. The smallest absolute Gasteiger partial charge is 0.230 e. The molecule has 0 saturated heterocycles. The number of hydrogen-bond donors (Lipinski definition) is 0. The Bertz CT molecular complexity index is 1010. The van der Waals surface area contributed by atoms with Crippen LogP contribution < -0.4 is 4.90 Å². The molecule has 0 spiro atoms. The predicted molar refractivity (Wildman–Crippen MR) is 111 cm³/mol. The van der Waals surface area contributed by atoms with E-state index in [1.54, 1.807) is 23.1 Å². The number of carbonyl (C=O) groups excluding carboxylic acids is 2. The minimum atomic E-state index is -0.108. The van der Waals surface area contributed by atoms with Gasteiger partial charge in [-0.05, 0) is 49.3 Å². The second-order valence-electron chi connectivity index (χ2n) is 6.24. The van der Waals surface area contributed by atoms with E-state index < -0.39 is 0 Å². The van der Waals surface area contributed by atoms with Crippen molar-refractivity contribution in [3.8, 4) is 0 Å². The van der Waals surface area contributed by atoms with Crippen molar-refractivity contribution in [1.82, 2.24) is 4.98 Å². The lowest BCUT2D eigenvalue weighted by atomic mass is 10.1. The first-order valence-corrected chi connectivity index (χ1v) is 9.44. The minimum absolute atomic E-state index is 0.0808. The Hall–Kier alpha value is -3.05. The Kier molecular flexibility index (Phi) is 5.62. The topological polar surface area (TPSA) is 50.3 Å². The third-order valence-electron chi connectivity index (χ3n) is 4.23. The van der Waals surface area contributed by atoms with E-state index in [1.807, 2.05) is 55.6 Å². The van der Waals surface area contributed by atoms with E-state index >= 15 is 0 Å². The summed E-state index contributed by atoms with van der Waals surface area (Å²) in [6, 6.07) is 15.0. The second kappa shape index (κ2) is 8.10. The van der Waals surface area contributed by atoms with E-state index in [4.69, 9.17) is 0 Å². The lowest BCUT2D eigenvalue weighted by Gasteiger charge is -2.19. The SMILES string of the molecule is CC(=O)N(c1ccc(C)c(C)c1)c1nc(/C=C/C(=O)c2ccccc2)cs1. The van der Waals surface area contributed by atoms with Crippen LogP contribution >= 0.6 is 11.3 Å². The number of allylic oxidation sites excluding steroid dienone is 1. The van der Waals surface area contributed by atoms with E-state index in [2.05, 4.69) is 4.98 Å². The summed E-state index contributed by atoms with van der Waals surface area (Å²) >= 11 is 1.37. The van der Waals surface area contributed by atoms with E-state index in [0.717, 1.165) is 11.3 Å². The largest absolute Gasteiger partial charge is 0.289 e. The summed E-state index contributed by atoms with van der Waals surface area (Å²) in [6.45, 7) is 5.57. The van der Waals surface area contributed by atoms with Crippen LogP contribution in [0.4, 0.5) is 10.8 Å². The van der Waals surface area contributed by atoms with Crippen LogP contribution in [-0.4, -0.2) is 16.7 Å². The summed E-state index contributed by atoms with van der Waals surface area (Å²) in [7, 11) is 0. The quantitative estimate of drug-likeness (QED) is 0.446. The summed E-state index contributed by atoms with van der Waals surface area (Å²) in [5.41, 5.74) is 4.35. The highest BCUT2D eigenvalue weighted by Gasteiger charge is 2.18. The fraction of sp³-hybridized carbons (Fsp3) is 0.136. The molecule has 1 heterocycles. The highest BCUT2D eigenvalue weighted by Crippen LogP contribution is 2.30. The summed E-state index contributed by atoms with van der Waals surface area (Å²) in [6.07, 6.45) is 3.18. The first-order valence-electron chi connectivity index (χ1n) is 8.56. The van der Waals surface area contributed by atoms with Crippen molar-refractivity contribution in [2.24, 2.45) is 0 Å². The third kappa shape index (κ3) is 4.38. The predicted octanol–water partition coefficient (Wildman–Crippen LogP) is 5.34. The maximum atomic E-state index is 12.2. The van der Waals surface area contributed by atoms with Gasteiger partial charge in [0.05, 0.1) is 11.4 Å². The lowest BCUT2D eigenvalue weighted by molar-refractivity contribution is -0.115. The molecular formula is C22H20N2O2S. The molecule has 136 valence electrons. The van der Waals surface area contributed by atoms with Crippen LogP contribution in [-0.2, 0) is 4.79 Å². The Morgan fingerprint density at radius 2 is 1.78 bits per heavy atom. The zero-order chi connectivity index (χ0) is 19.4. The van der Waals surface area contributed by atoms with Gasteiger partial charge in [-0.2, -0.15) is 0 Å². The van der Waals surface area contributed by atoms with Gasteiger partial charge in [0.1, 0.15) is 0 Å². The Balaban J connectivity index is 1.84. The van der Waals surface area contributed by atoms with Crippen molar-refractivity contribution in [3.05, 3.63) is 82.4 Å². The van der Waals surface area contributed by atoms with Crippen molar-refractivity contribution in [2.45, 2.75) is 20.8 Å². The van der Waals surface area contributed by atoms with Gasteiger partial charge in [-0.1, -0.05) is 36.4 Å². The maximum absolute atomic E-state index is 12.2. The summed E-state index contributed by atoms with van der Waals surface area (Å²) < 4.78 is 0. The number of carbonyl (C=O) groups is 2. The van der Waals surface area contributed by atoms with Gasteiger partial charge in [0.2, 0.25) is 5.91 Å². The van der Waals surface area contributed by atoms with Crippen molar-refractivity contribution in [3.63, 3.8) is 0 Å². The molecule has 1 amide bonds. The first kappa shape index (κ1) is 18.7. The molecule has 3 aromatic rings. The van der Waals surface area contributed by atoms with Gasteiger partial charge in [0.25, 0.3) is 0 Å². The Morgan fingerprint density at radius 3 is 2.44 bits per heavy atom. The number of benzene rings is 2. The number of anilines is 2. The molecule has 0 aliphatic rings. The molecule has 0 atom stereocenters. The highest BCUT2D eigenvalue weighted by atomic mass is 32.1. The molecular weight excluding hydrogens is 356 g/mol. The van der Waals surface area contributed by atoms with E-state index in [0.29, 0.717) is 16.4 Å². The number of aromatic nitrogens is 1. The minimum Gasteiger partial charge on any atom is -0.289 e. The van der Waals surface area contributed by atoms with E-state index in [1.165, 1.54) is 29.9 Å². The molecule has 0 bridgehead atoms. The summed E-state index contributed by atoms with van der Waals surface area (Å²) in [5, 5.41) is 2.42. The molecule has 4 nitrogen and oxygen atoms in total. The number of ketones is 1. The van der Waals surface area contributed by atoms with Gasteiger partial charge in [-0.25, -0.2) is 4.98 Å². The monoisotopic (exact) mass is 376 g/mol. The molecule has 1 aromatic heterocycles. The first-order chi connectivity index (χ1) is 13.0. The van der Waals surface area contributed by atoms with Gasteiger partial charge in [-0.3, -0.25) is 14.5 Å². The van der Waals surface area contributed by atoms with Crippen LogP contribution in [0.25, 0.3) is 6.08 Å². The molecule has 0 aliphatic carbocycles. The van der Waals surface area contributed by atoms with E-state index in [9.17, 15) is 9.59 Å². The molecule has 5 heteroatoms. The summed E-state index contributed by atoms with van der Waals surface area (Å²) in [5.74, 6) is -0.189. The maximum Gasteiger partial charge on any atom is 0.230 e. The molecule has 0 saturated carbocycles. The summed E-state index contributed by atoms with van der Waals surface area (Å²) in [4.78, 5) is 30.5. The number of rotatable bonds is 5. The molecule has 2 aromatic carbocycles. The van der Waals surface area contributed by atoms with Crippen LogP contribution in [0.15, 0.2) is 60.0 Å². The molecule has 0 fully saturated rings. The molecule has 0 N–H and O–H groups in total. The van der Waals surface area contributed by atoms with Crippen LogP contribution in [0.3, 0.4) is 0 Å². The van der Waals surface area contributed by atoms with Crippen LogP contribution in [0.5, 0.6) is 0 Å².